The van der Waals surface area contributed by atoms with E-state index in [4.69, 9.17) is 29.2 Å². The molecule has 0 aromatic heterocycles. The molecule has 130 valence electrons. The predicted molar refractivity (Wildman–Crippen MR) is 77.2 cm³/mol. The van der Waals surface area contributed by atoms with Gasteiger partial charge in [-0.1, -0.05) is 5.11 Å². The van der Waals surface area contributed by atoms with Crippen LogP contribution in [0.4, 0.5) is 0 Å². The van der Waals surface area contributed by atoms with Crippen molar-refractivity contribution in [2.75, 3.05) is 13.2 Å². The van der Waals surface area contributed by atoms with Crippen molar-refractivity contribution in [3.05, 3.63) is 10.4 Å². The topological polar surface area (TPSA) is 115 Å². The van der Waals surface area contributed by atoms with Crippen LogP contribution in [0.15, 0.2) is 5.11 Å². The summed E-state index contributed by atoms with van der Waals surface area (Å²) < 4.78 is 29.5. The standard InChI is InChI=1S/C14H23N3O6/c1-12(2)19-7-8-10(21-12)11-14(20-8,23-13(3,4)22-11)9(18)5-6-16-17-15/h8-11,18H,5-7H2,1-4H3/t8-,9+,10+,11-,14-/m0/s1. The summed E-state index contributed by atoms with van der Waals surface area (Å²) in [7, 11) is 0. The van der Waals surface area contributed by atoms with E-state index >= 15 is 0 Å². The number of aliphatic hydroxyl groups excluding tert-OH is 1. The number of nitrogens with zero attached hydrogens (tertiary/aromatic N) is 3. The molecule has 5 atom stereocenters. The summed E-state index contributed by atoms with van der Waals surface area (Å²) in [6.07, 6.45) is -2.21. The van der Waals surface area contributed by atoms with Gasteiger partial charge in [0, 0.05) is 11.5 Å². The van der Waals surface area contributed by atoms with Gasteiger partial charge in [-0.2, -0.15) is 0 Å². The molecule has 0 spiro atoms. The van der Waals surface area contributed by atoms with E-state index in [0.29, 0.717) is 6.61 Å². The quantitative estimate of drug-likeness (QED) is 0.474. The van der Waals surface area contributed by atoms with Crippen LogP contribution in [0.2, 0.25) is 0 Å². The maximum absolute atomic E-state index is 10.6. The van der Waals surface area contributed by atoms with Gasteiger partial charge in [-0.3, -0.25) is 0 Å². The summed E-state index contributed by atoms with van der Waals surface area (Å²) in [6.45, 7) is 7.63. The van der Waals surface area contributed by atoms with Crippen LogP contribution >= 0.6 is 0 Å². The first-order valence-corrected chi connectivity index (χ1v) is 7.76. The average molecular weight is 329 g/mol. The smallest absolute Gasteiger partial charge is 0.227 e. The van der Waals surface area contributed by atoms with Crippen molar-refractivity contribution in [3.8, 4) is 0 Å². The van der Waals surface area contributed by atoms with Gasteiger partial charge in [-0.25, -0.2) is 0 Å². The highest BCUT2D eigenvalue weighted by Crippen LogP contribution is 2.50. The maximum atomic E-state index is 10.6. The van der Waals surface area contributed by atoms with Crippen LogP contribution in [0.5, 0.6) is 0 Å². The highest BCUT2D eigenvalue weighted by molar-refractivity contribution is 5.08. The molecule has 0 amide bonds. The van der Waals surface area contributed by atoms with E-state index in [1.165, 1.54) is 0 Å². The first kappa shape index (κ1) is 16.9. The van der Waals surface area contributed by atoms with Crippen LogP contribution in [0.25, 0.3) is 10.4 Å². The molecule has 3 rings (SSSR count). The Balaban J connectivity index is 1.85. The number of fused-ring (bicyclic) bond motifs is 3. The van der Waals surface area contributed by atoms with Crippen LogP contribution < -0.4 is 0 Å². The molecule has 9 heteroatoms. The Hall–Kier alpha value is -0.930. The molecule has 1 N–H and O–H groups in total. The van der Waals surface area contributed by atoms with Crippen molar-refractivity contribution in [1.29, 1.82) is 0 Å². The van der Waals surface area contributed by atoms with Crippen molar-refractivity contribution in [2.24, 2.45) is 5.11 Å². The minimum absolute atomic E-state index is 0.136. The highest BCUT2D eigenvalue weighted by atomic mass is 16.9. The summed E-state index contributed by atoms with van der Waals surface area (Å²) >= 11 is 0. The van der Waals surface area contributed by atoms with Gasteiger partial charge in [-0.15, -0.1) is 0 Å². The highest BCUT2D eigenvalue weighted by Gasteiger charge is 2.69. The number of azide groups is 1. The zero-order valence-electron chi connectivity index (χ0n) is 13.8. The van der Waals surface area contributed by atoms with Crippen LogP contribution in [-0.2, 0) is 23.7 Å². The van der Waals surface area contributed by atoms with Crippen molar-refractivity contribution >= 4 is 0 Å². The predicted octanol–water partition coefficient (Wildman–Crippen LogP) is 1.45. The Morgan fingerprint density at radius 3 is 2.65 bits per heavy atom. The Morgan fingerprint density at radius 1 is 1.22 bits per heavy atom. The second-order valence-corrected chi connectivity index (χ2v) is 6.97. The summed E-state index contributed by atoms with van der Waals surface area (Å²) in [6, 6.07) is 0. The molecule has 0 aromatic carbocycles. The fourth-order valence-electron chi connectivity index (χ4n) is 3.41. The van der Waals surface area contributed by atoms with E-state index in [-0.39, 0.29) is 13.0 Å². The fraction of sp³-hybridized carbons (Fsp3) is 1.00. The number of hydrogen-bond donors (Lipinski definition) is 1. The van der Waals surface area contributed by atoms with Crippen LogP contribution in [0, 0.1) is 0 Å². The lowest BCUT2D eigenvalue weighted by Gasteiger charge is -2.38. The molecule has 0 aromatic rings. The zero-order valence-corrected chi connectivity index (χ0v) is 13.8. The average Bonchev–Trinajstić information content (AvgIpc) is 2.87. The Bertz CT molecular complexity index is 521. The molecule has 0 saturated carbocycles. The van der Waals surface area contributed by atoms with E-state index in [1.54, 1.807) is 13.8 Å². The van der Waals surface area contributed by atoms with Crippen LogP contribution in [-0.4, -0.2) is 60.0 Å². The van der Waals surface area contributed by atoms with Gasteiger partial charge in [0.1, 0.15) is 24.4 Å². The molecule has 3 aliphatic heterocycles. The zero-order chi connectivity index (χ0) is 16.9. The first-order chi connectivity index (χ1) is 10.7. The fourth-order valence-corrected chi connectivity index (χ4v) is 3.41. The number of rotatable bonds is 4. The second kappa shape index (κ2) is 5.56. The monoisotopic (exact) mass is 329 g/mol. The van der Waals surface area contributed by atoms with Gasteiger partial charge in [0.15, 0.2) is 11.6 Å². The maximum Gasteiger partial charge on any atom is 0.227 e. The van der Waals surface area contributed by atoms with E-state index in [9.17, 15) is 5.11 Å². The van der Waals surface area contributed by atoms with Gasteiger partial charge in [0.05, 0.1) is 6.61 Å². The minimum Gasteiger partial charge on any atom is -0.387 e. The lowest BCUT2D eigenvalue weighted by atomic mass is 9.97. The summed E-state index contributed by atoms with van der Waals surface area (Å²) in [5, 5.41) is 14.1. The first-order valence-electron chi connectivity index (χ1n) is 7.76. The van der Waals surface area contributed by atoms with Crippen molar-refractivity contribution in [3.63, 3.8) is 0 Å². The third kappa shape index (κ3) is 2.94. The number of ether oxygens (including phenoxy) is 5. The van der Waals surface area contributed by atoms with Crippen LogP contribution in [0.1, 0.15) is 34.1 Å². The molecule has 3 fully saturated rings. The van der Waals surface area contributed by atoms with E-state index in [1.807, 2.05) is 13.8 Å². The third-order valence-corrected chi connectivity index (χ3v) is 4.26. The normalized spacial score (nSPS) is 41.7. The number of aliphatic hydroxyl groups is 1. The summed E-state index contributed by atoms with van der Waals surface area (Å²) in [4.78, 5) is 2.69. The van der Waals surface area contributed by atoms with Gasteiger partial charge in [0.2, 0.25) is 5.79 Å². The molecule has 0 aliphatic carbocycles. The lowest BCUT2D eigenvalue weighted by Crippen LogP contribution is -2.53. The molecule has 3 heterocycles. The van der Waals surface area contributed by atoms with Crippen LogP contribution in [0.3, 0.4) is 0 Å². The molecule has 9 nitrogen and oxygen atoms in total. The summed E-state index contributed by atoms with van der Waals surface area (Å²) in [5.74, 6) is -3.03. The Kier molecular flexibility index (Phi) is 4.09. The van der Waals surface area contributed by atoms with Gasteiger partial charge in [-0.05, 0) is 39.6 Å². The molecule has 23 heavy (non-hydrogen) atoms. The van der Waals surface area contributed by atoms with E-state index < -0.39 is 41.8 Å². The second-order valence-electron chi connectivity index (χ2n) is 6.97. The minimum atomic E-state index is -1.35. The summed E-state index contributed by atoms with van der Waals surface area (Å²) in [5.41, 5.74) is 8.39. The van der Waals surface area contributed by atoms with Gasteiger partial charge < -0.3 is 28.8 Å². The molecule has 3 aliphatic rings. The van der Waals surface area contributed by atoms with E-state index in [2.05, 4.69) is 10.0 Å². The molecule has 0 unspecified atom stereocenters. The SMILES string of the molecule is CC1(C)OC[C@@H]2O[C@@]3([C@H](O)CCN=[N+]=[N-])OC(C)(C)O[C@H]3[C@@H]2O1. The number of hydrogen-bond acceptors (Lipinski definition) is 7. The van der Waals surface area contributed by atoms with Crippen molar-refractivity contribution < 1.29 is 28.8 Å². The molecule has 0 bridgehead atoms. The largest absolute Gasteiger partial charge is 0.387 e. The van der Waals surface area contributed by atoms with Gasteiger partial charge in [0.25, 0.3) is 0 Å². The molecule has 0 radical (unpaired) electrons. The Labute approximate surface area is 134 Å². The molecular weight excluding hydrogens is 306 g/mol. The van der Waals surface area contributed by atoms with Crippen molar-refractivity contribution in [2.45, 2.75) is 75.9 Å². The molecular formula is C14H23N3O6. The van der Waals surface area contributed by atoms with Gasteiger partial charge >= 0.3 is 0 Å². The van der Waals surface area contributed by atoms with E-state index in [0.717, 1.165) is 0 Å². The lowest BCUT2D eigenvalue weighted by molar-refractivity contribution is -0.336. The third-order valence-electron chi connectivity index (χ3n) is 4.26. The molecule has 3 saturated heterocycles. The Morgan fingerprint density at radius 2 is 1.96 bits per heavy atom. The van der Waals surface area contributed by atoms with Crippen molar-refractivity contribution in [1.82, 2.24) is 0 Å².